The van der Waals surface area contributed by atoms with Crippen LogP contribution in [-0.2, 0) is 6.54 Å². The Morgan fingerprint density at radius 3 is 2.43 bits per heavy atom. The lowest BCUT2D eigenvalue weighted by atomic mass is 10.1. The molecule has 0 radical (unpaired) electrons. The number of carbonyl (C=O) groups excluding carboxylic acids is 1. The molecule has 0 atom stereocenters. The molecule has 120 valence electrons. The van der Waals surface area contributed by atoms with Gasteiger partial charge in [-0.15, -0.1) is 0 Å². The van der Waals surface area contributed by atoms with E-state index in [0.717, 1.165) is 19.6 Å². The fourth-order valence-electron chi connectivity index (χ4n) is 2.78. The van der Waals surface area contributed by atoms with E-state index in [9.17, 15) is 9.18 Å². The number of rotatable bonds is 3. The molecule has 1 amide bonds. The molecule has 0 spiro atoms. The average Bonchev–Trinajstić information content (AvgIpc) is 2.58. The summed E-state index contributed by atoms with van der Waals surface area (Å²) in [6, 6.07) is 14.8. The molecule has 1 aliphatic heterocycles. The summed E-state index contributed by atoms with van der Waals surface area (Å²) in [5, 5.41) is 0. The Hall–Kier alpha value is -1.72. The van der Waals surface area contributed by atoms with Gasteiger partial charge in [0.2, 0.25) is 0 Å². The molecule has 5 heteroatoms. The van der Waals surface area contributed by atoms with E-state index in [4.69, 9.17) is 0 Å². The van der Waals surface area contributed by atoms with Crippen molar-refractivity contribution in [1.29, 1.82) is 0 Å². The van der Waals surface area contributed by atoms with Crippen LogP contribution in [0.2, 0.25) is 0 Å². The summed E-state index contributed by atoms with van der Waals surface area (Å²) in [7, 11) is 0. The van der Waals surface area contributed by atoms with Crippen LogP contribution < -0.4 is 0 Å². The molecule has 1 saturated heterocycles. The van der Waals surface area contributed by atoms with Gasteiger partial charge in [0.1, 0.15) is 5.82 Å². The zero-order valence-electron chi connectivity index (χ0n) is 12.7. The number of hydrogen-bond acceptors (Lipinski definition) is 2. The maximum Gasteiger partial charge on any atom is 0.256 e. The second-order valence-electron chi connectivity index (χ2n) is 5.68. The molecule has 0 aromatic heterocycles. The SMILES string of the molecule is O=C(c1cc(Br)ccc1F)N1CCN(Cc2ccccc2)CC1. The zero-order chi connectivity index (χ0) is 16.2. The van der Waals surface area contributed by atoms with Gasteiger partial charge in [-0.1, -0.05) is 46.3 Å². The van der Waals surface area contributed by atoms with Crippen LogP contribution in [0.25, 0.3) is 0 Å². The lowest BCUT2D eigenvalue weighted by Crippen LogP contribution is -2.48. The van der Waals surface area contributed by atoms with Gasteiger partial charge >= 0.3 is 0 Å². The molecule has 0 saturated carbocycles. The fourth-order valence-corrected chi connectivity index (χ4v) is 3.14. The minimum atomic E-state index is -0.468. The van der Waals surface area contributed by atoms with Crippen molar-refractivity contribution >= 4 is 21.8 Å². The monoisotopic (exact) mass is 376 g/mol. The summed E-state index contributed by atoms with van der Waals surface area (Å²) in [6.07, 6.45) is 0. The van der Waals surface area contributed by atoms with Crippen molar-refractivity contribution in [2.75, 3.05) is 26.2 Å². The van der Waals surface area contributed by atoms with Crippen molar-refractivity contribution in [2.24, 2.45) is 0 Å². The van der Waals surface area contributed by atoms with Gasteiger partial charge in [0, 0.05) is 37.2 Å². The van der Waals surface area contributed by atoms with Crippen LogP contribution >= 0.6 is 15.9 Å². The summed E-state index contributed by atoms with van der Waals surface area (Å²) in [4.78, 5) is 16.5. The van der Waals surface area contributed by atoms with Crippen LogP contribution in [0.15, 0.2) is 53.0 Å². The molecule has 3 nitrogen and oxygen atoms in total. The van der Waals surface area contributed by atoms with Gasteiger partial charge in [0.05, 0.1) is 5.56 Å². The third-order valence-corrected chi connectivity index (χ3v) is 4.56. The molecule has 1 aliphatic rings. The Morgan fingerprint density at radius 2 is 1.74 bits per heavy atom. The quantitative estimate of drug-likeness (QED) is 0.817. The molecule has 2 aromatic carbocycles. The smallest absolute Gasteiger partial charge is 0.256 e. The summed E-state index contributed by atoms with van der Waals surface area (Å²) in [5.41, 5.74) is 1.40. The van der Waals surface area contributed by atoms with Gasteiger partial charge in [-0.05, 0) is 23.8 Å². The number of piperazine rings is 1. The van der Waals surface area contributed by atoms with E-state index < -0.39 is 5.82 Å². The van der Waals surface area contributed by atoms with Crippen molar-refractivity contribution in [3.63, 3.8) is 0 Å². The number of carbonyl (C=O) groups is 1. The van der Waals surface area contributed by atoms with Crippen molar-refractivity contribution in [1.82, 2.24) is 9.80 Å². The van der Waals surface area contributed by atoms with Gasteiger partial charge in [-0.25, -0.2) is 4.39 Å². The number of benzene rings is 2. The topological polar surface area (TPSA) is 23.6 Å². The number of hydrogen-bond donors (Lipinski definition) is 0. The lowest BCUT2D eigenvalue weighted by molar-refractivity contribution is 0.0624. The molecule has 0 N–H and O–H groups in total. The first-order valence-electron chi connectivity index (χ1n) is 7.64. The Morgan fingerprint density at radius 1 is 1.04 bits per heavy atom. The minimum absolute atomic E-state index is 0.135. The molecular weight excluding hydrogens is 359 g/mol. The first kappa shape index (κ1) is 16.1. The Kier molecular flexibility index (Phi) is 5.08. The highest BCUT2D eigenvalue weighted by atomic mass is 79.9. The summed E-state index contributed by atoms with van der Waals surface area (Å²) < 4.78 is 14.6. The zero-order valence-corrected chi connectivity index (χ0v) is 14.3. The highest BCUT2D eigenvalue weighted by molar-refractivity contribution is 9.10. The van der Waals surface area contributed by atoms with Crippen LogP contribution in [0, 0.1) is 5.82 Å². The van der Waals surface area contributed by atoms with Gasteiger partial charge in [-0.2, -0.15) is 0 Å². The van der Waals surface area contributed by atoms with E-state index in [2.05, 4.69) is 33.0 Å². The van der Waals surface area contributed by atoms with Gasteiger partial charge in [0.25, 0.3) is 5.91 Å². The van der Waals surface area contributed by atoms with Crippen molar-refractivity contribution in [2.45, 2.75) is 6.54 Å². The fraction of sp³-hybridized carbons (Fsp3) is 0.278. The first-order chi connectivity index (χ1) is 11.1. The van der Waals surface area contributed by atoms with Crippen LogP contribution in [0.1, 0.15) is 15.9 Å². The van der Waals surface area contributed by atoms with Crippen molar-refractivity contribution in [3.05, 3.63) is 69.9 Å². The highest BCUT2D eigenvalue weighted by Crippen LogP contribution is 2.18. The van der Waals surface area contributed by atoms with Gasteiger partial charge < -0.3 is 4.90 Å². The molecular formula is C18H18BrFN2O. The van der Waals surface area contributed by atoms with E-state index in [0.29, 0.717) is 17.6 Å². The van der Waals surface area contributed by atoms with E-state index >= 15 is 0 Å². The number of nitrogens with zero attached hydrogens (tertiary/aromatic N) is 2. The standard InChI is InChI=1S/C18H18BrFN2O/c19-15-6-7-17(20)16(12-15)18(23)22-10-8-21(9-11-22)13-14-4-2-1-3-5-14/h1-7,12H,8-11,13H2. The summed E-state index contributed by atoms with van der Waals surface area (Å²) in [5.74, 6) is -0.701. The second-order valence-corrected chi connectivity index (χ2v) is 6.59. The van der Waals surface area contributed by atoms with Crippen LogP contribution in [0.3, 0.4) is 0 Å². The molecule has 0 bridgehead atoms. The van der Waals surface area contributed by atoms with Crippen LogP contribution in [0.4, 0.5) is 4.39 Å². The van der Waals surface area contributed by atoms with Gasteiger partial charge in [-0.3, -0.25) is 9.69 Å². The Labute approximate surface area is 143 Å². The normalized spacial score (nSPS) is 15.7. The molecule has 23 heavy (non-hydrogen) atoms. The summed E-state index contributed by atoms with van der Waals surface area (Å²) in [6.45, 7) is 3.73. The molecule has 3 rings (SSSR count). The largest absolute Gasteiger partial charge is 0.336 e. The predicted octanol–water partition coefficient (Wildman–Crippen LogP) is 3.55. The average molecular weight is 377 g/mol. The molecule has 2 aromatic rings. The number of amides is 1. The lowest BCUT2D eigenvalue weighted by Gasteiger charge is -2.34. The second kappa shape index (κ2) is 7.23. The van der Waals surface area contributed by atoms with Crippen LogP contribution in [0.5, 0.6) is 0 Å². The molecule has 1 heterocycles. The van der Waals surface area contributed by atoms with Crippen molar-refractivity contribution < 1.29 is 9.18 Å². The molecule has 0 unspecified atom stereocenters. The van der Waals surface area contributed by atoms with Gasteiger partial charge in [0.15, 0.2) is 0 Å². The Bertz CT molecular complexity index is 685. The maximum absolute atomic E-state index is 13.9. The highest BCUT2D eigenvalue weighted by Gasteiger charge is 2.24. The third kappa shape index (κ3) is 3.98. The predicted molar refractivity (Wildman–Crippen MR) is 91.7 cm³/mol. The van der Waals surface area contributed by atoms with Crippen molar-refractivity contribution in [3.8, 4) is 0 Å². The molecule has 0 aliphatic carbocycles. The third-order valence-electron chi connectivity index (χ3n) is 4.07. The number of halogens is 2. The Balaban J connectivity index is 1.60. The first-order valence-corrected chi connectivity index (χ1v) is 8.43. The molecule has 1 fully saturated rings. The maximum atomic E-state index is 13.9. The van der Waals surface area contributed by atoms with E-state index in [1.165, 1.54) is 11.6 Å². The van der Waals surface area contributed by atoms with Crippen LogP contribution in [-0.4, -0.2) is 41.9 Å². The minimum Gasteiger partial charge on any atom is -0.336 e. The summed E-state index contributed by atoms with van der Waals surface area (Å²) >= 11 is 3.29. The van der Waals surface area contributed by atoms with E-state index in [-0.39, 0.29) is 11.5 Å². The van der Waals surface area contributed by atoms with E-state index in [1.54, 1.807) is 17.0 Å². The van der Waals surface area contributed by atoms with E-state index in [1.807, 2.05) is 18.2 Å².